The van der Waals surface area contributed by atoms with Gasteiger partial charge >= 0.3 is 59.1 Å². The van der Waals surface area contributed by atoms with E-state index in [1.165, 1.54) is 0 Å². The standard InChI is InChI=1S/2H2N2O3.2Na/c2*3-1-2(4)5;;/h2*1,3H;;/q;;2*+1. The minimum atomic E-state index is -1.07. The van der Waals surface area contributed by atoms with Gasteiger partial charge in [-0.3, -0.25) is 0 Å². The number of hydrogen-bond donors (Lipinski definition) is 4. The van der Waals surface area contributed by atoms with Gasteiger partial charge in [0.25, 0.3) is 0 Å². The first-order valence-electron chi connectivity index (χ1n) is 1.62. The number of nitrogens with one attached hydrogen (secondary N) is 2. The van der Waals surface area contributed by atoms with Crippen molar-refractivity contribution in [2.75, 3.05) is 0 Å². The molecular weight excluding hydrogens is 198 g/mol. The average Bonchev–Trinajstić information content (AvgIpc) is 1.89. The summed E-state index contributed by atoms with van der Waals surface area (Å²) in [7, 11) is 0. The van der Waals surface area contributed by atoms with E-state index in [1.807, 2.05) is 0 Å². The molecule has 0 aliphatic carbocycles. The summed E-state index contributed by atoms with van der Waals surface area (Å²) < 4.78 is 0. The maximum absolute atomic E-state index is 8.81. The maximum Gasteiger partial charge on any atom is 1.00 e. The zero-order valence-corrected chi connectivity index (χ0v) is 10.4. The van der Waals surface area contributed by atoms with E-state index in [2.05, 4.69) is 0 Å². The van der Waals surface area contributed by atoms with E-state index in [1.54, 1.807) is 0 Å². The molecule has 0 heterocycles. The van der Waals surface area contributed by atoms with Crippen molar-refractivity contribution < 1.29 is 79.6 Å². The molecule has 0 rings (SSSR count). The molecule has 0 aromatic carbocycles. The number of nitrogens with zero attached hydrogens (tertiary/aromatic N) is 2. The van der Waals surface area contributed by atoms with Crippen LogP contribution >= 0.6 is 0 Å². The van der Waals surface area contributed by atoms with Gasteiger partial charge < -0.3 is 0 Å². The van der Waals surface area contributed by atoms with Crippen molar-refractivity contribution in [3.8, 4) is 0 Å². The van der Waals surface area contributed by atoms with Crippen LogP contribution in [0.15, 0.2) is 0 Å². The second-order valence-corrected chi connectivity index (χ2v) is 0.714. The first-order chi connectivity index (χ1) is 4.54. The Hall–Kier alpha value is 0.320. The smallest absolute Gasteiger partial charge is 0.239 e. The number of hydrazine groups is 2. The zero-order chi connectivity index (χ0) is 8.57. The third-order valence-electron chi connectivity index (χ3n) is 0.163. The van der Waals surface area contributed by atoms with E-state index in [4.69, 9.17) is 30.6 Å². The molecule has 0 unspecified atom stereocenters. The predicted octanol–water partition coefficient (Wildman–Crippen LogP) is -7.68. The van der Waals surface area contributed by atoms with Crippen molar-refractivity contribution in [2.24, 2.45) is 0 Å². The summed E-state index contributed by atoms with van der Waals surface area (Å²) in [5.41, 5.74) is 1.50. The second-order valence-electron chi connectivity index (χ2n) is 0.714. The number of hydrogen-bond acceptors (Lipinski definition) is 6. The molecule has 0 aromatic rings. The zero-order valence-electron chi connectivity index (χ0n) is 6.42. The normalized spacial score (nSPS) is 5.50. The molecule has 0 saturated heterocycles. The molecule has 4 N–H and O–H groups in total. The van der Waals surface area contributed by atoms with Gasteiger partial charge in [-0.25, -0.2) is 30.6 Å². The minimum Gasteiger partial charge on any atom is -0.239 e. The van der Waals surface area contributed by atoms with E-state index in [0.29, 0.717) is 0 Å². The van der Waals surface area contributed by atoms with Gasteiger partial charge in [0.1, 0.15) is 0 Å². The Balaban J connectivity index is -0.0000000457. The Kier molecular flexibility index (Phi) is 33.1. The summed E-state index contributed by atoms with van der Waals surface area (Å²) in [4.78, 5) is 17.6. The third kappa shape index (κ3) is 48.0. The van der Waals surface area contributed by atoms with Gasteiger partial charge in [0.2, 0.25) is 0 Å². The van der Waals surface area contributed by atoms with Crippen molar-refractivity contribution in [3.05, 3.63) is 20.2 Å². The molecule has 0 radical (unpaired) electrons. The molecule has 0 amide bonds. The molecule has 0 aliphatic heterocycles. The van der Waals surface area contributed by atoms with Crippen LogP contribution in [0, 0.1) is 20.2 Å². The molecule has 0 bridgehead atoms. The van der Waals surface area contributed by atoms with Gasteiger partial charge in [-0.2, -0.15) is 0 Å². The average molecular weight is 202 g/mol. The fourth-order valence-electron chi connectivity index (χ4n) is 0. The fraction of sp³-hybridized carbons (Fsp3) is 0. The van der Waals surface area contributed by atoms with Gasteiger partial charge in [-0.1, -0.05) is 0 Å². The Morgan fingerprint density at radius 2 is 1.00 bits per heavy atom. The molecular formula is H4N4Na2O6+2. The van der Waals surface area contributed by atoms with Gasteiger partial charge in [0, 0.05) is 0 Å². The van der Waals surface area contributed by atoms with E-state index in [9.17, 15) is 0 Å². The molecule has 0 fully saturated rings. The van der Waals surface area contributed by atoms with Crippen molar-refractivity contribution in [1.29, 1.82) is 0 Å². The third-order valence-corrected chi connectivity index (χ3v) is 0.163. The van der Waals surface area contributed by atoms with Crippen molar-refractivity contribution in [1.82, 2.24) is 11.2 Å². The van der Waals surface area contributed by atoms with Crippen LogP contribution in [0.3, 0.4) is 0 Å². The molecule has 0 atom stereocenters. The molecule has 12 heteroatoms. The van der Waals surface area contributed by atoms with Crippen LogP contribution in [0.5, 0.6) is 0 Å². The Morgan fingerprint density at radius 3 is 1.00 bits per heavy atom. The number of nitro groups is 2. The summed E-state index contributed by atoms with van der Waals surface area (Å²) in [5.74, 6) is 0. The van der Waals surface area contributed by atoms with Crippen LogP contribution < -0.4 is 70.3 Å². The van der Waals surface area contributed by atoms with Crippen LogP contribution in [-0.2, 0) is 0 Å². The van der Waals surface area contributed by atoms with E-state index < -0.39 is 10.1 Å². The van der Waals surface area contributed by atoms with Crippen molar-refractivity contribution >= 4 is 0 Å². The molecule has 0 aliphatic rings. The molecule has 12 heavy (non-hydrogen) atoms. The fourth-order valence-corrected chi connectivity index (χ4v) is 0. The Bertz CT molecular complexity index is 102. The Labute approximate surface area is 110 Å². The maximum atomic E-state index is 8.81. The van der Waals surface area contributed by atoms with Gasteiger partial charge in [0.15, 0.2) is 10.1 Å². The quantitative estimate of drug-likeness (QED) is 0.196. The monoisotopic (exact) mass is 202 g/mol. The summed E-state index contributed by atoms with van der Waals surface area (Å²) >= 11 is 0. The van der Waals surface area contributed by atoms with E-state index in [0.717, 1.165) is 11.2 Å². The van der Waals surface area contributed by atoms with Gasteiger partial charge in [-0.05, 0) is 11.2 Å². The molecule has 60 valence electrons. The van der Waals surface area contributed by atoms with Crippen molar-refractivity contribution in [2.45, 2.75) is 0 Å². The van der Waals surface area contributed by atoms with Crippen LogP contribution in [-0.4, -0.2) is 20.5 Å². The second kappa shape index (κ2) is 17.4. The van der Waals surface area contributed by atoms with Crippen molar-refractivity contribution in [3.63, 3.8) is 0 Å². The first kappa shape index (κ1) is 22.8. The molecule has 0 saturated carbocycles. The van der Waals surface area contributed by atoms with E-state index >= 15 is 0 Å². The largest absolute Gasteiger partial charge is 1.00 e. The summed E-state index contributed by atoms with van der Waals surface area (Å²) in [5, 5.41) is 29.9. The Morgan fingerprint density at radius 1 is 0.917 bits per heavy atom. The SMILES string of the molecule is O=[N+]([O-])NO.O=[N+]([O-])NO.[Na+].[Na+]. The summed E-state index contributed by atoms with van der Waals surface area (Å²) in [6.45, 7) is 0. The van der Waals surface area contributed by atoms with Gasteiger partial charge in [0.05, 0.1) is 0 Å². The first-order valence-corrected chi connectivity index (χ1v) is 1.62. The van der Waals surface area contributed by atoms with Crippen LogP contribution in [0.1, 0.15) is 0 Å². The van der Waals surface area contributed by atoms with E-state index in [-0.39, 0.29) is 59.1 Å². The van der Waals surface area contributed by atoms with Gasteiger partial charge in [-0.15, -0.1) is 0 Å². The van der Waals surface area contributed by atoms with Crippen LogP contribution in [0.4, 0.5) is 0 Å². The number of rotatable bonds is 2. The molecule has 0 aromatic heterocycles. The molecule has 0 spiro atoms. The van der Waals surface area contributed by atoms with Crippen LogP contribution in [0.2, 0.25) is 0 Å². The minimum absolute atomic E-state index is 0. The molecule has 10 nitrogen and oxygen atoms in total. The van der Waals surface area contributed by atoms with Crippen LogP contribution in [0.25, 0.3) is 0 Å². The topological polar surface area (TPSA) is 151 Å². The summed E-state index contributed by atoms with van der Waals surface area (Å²) in [6.07, 6.45) is 0. The summed E-state index contributed by atoms with van der Waals surface area (Å²) in [6, 6.07) is 0. The predicted molar refractivity (Wildman–Crippen MR) is 23.8 cm³/mol.